The van der Waals surface area contributed by atoms with Crippen molar-refractivity contribution in [3.05, 3.63) is 101 Å². The number of rotatable bonds is 14. The fourth-order valence-corrected chi connectivity index (χ4v) is 10.4. The number of fused-ring (bicyclic) bond motifs is 2. The van der Waals surface area contributed by atoms with Gasteiger partial charge in [-0.2, -0.15) is 33.7 Å². The first-order valence-corrected chi connectivity index (χ1v) is 22.7. The highest BCUT2D eigenvalue weighted by molar-refractivity contribution is 7.87. The van der Waals surface area contributed by atoms with Crippen LogP contribution < -0.4 is 4.90 Å². The Morgan fingerprint density at radius 3 is 2.00 bits per heavy atom. The third-order valence-electron chi connectivity index (χ3n) is 10.5. The summed E-state index contributed by atoms with van der Waals surface area (Å²) in [4.78, 5) is 12.2. The highest BCUT2D eigenvalue weighted by Gasteiger charge is 2.56. The van der Waals surface area contributed by atoms with Crippen molar-refractivity contribution < 1.29 is 61.8 Å². The van der Waals surface area contributed by atoms with Crippen LogP contribution in [0.25, 0.3) is 10.8 Å². The van der Waals surface area contributed by atoms with E-state index >= 15 is 0 Å². The number of anilines is 1. The van der Waals surface area contributed by atoms with Crippen LogP contribution in [0.3, 0.4) is 0 Å². The lowest BCUT2D eigenvalue weighted by Crippen LogP contribution is -2.56. The fraction of sp³-hybridized carbons (Fsp3) is 0.361. The molecular weight excluding hydrogens is 799 g/mol. The Labute approximate surface area is 321 Å². The SMILES string of the molecule is C/C(=C/C=C/C=C/C1(C)N(CCCS(=O)(=O)O)c2ccc(C(=O)O)cc2C1(C)CS(=O)(=O)O)C(C)(C)c1c(C)ccc2c(S(=O)(=O)O)cc(S(=O)(=O)O)cc12. The number of nitrogens with zero attached hydrogens (tertiary/aromatic N) is 1. The molecule has 0 saturated heterocycles. The summed E-state index contributed by atoms with van der Waals surface area (Å²) in [5.74, 6) is -2.71. The van der Waals surface area contributed by atoms with E-state index in [1.807, 2.05) is 13.8 Å². The molecule has 5 N–H and O–H groups in total. The topological polar surface area (TPSA) is 258 Å². The van der Waals surface area contributed by atoms with Crippen LogP contribution in [0, 0.1) is 6.92 Å². The van der Waals surface area contributed by atoms with Crippen molar-refractivity contribution in [3.8, 4) is 0 Å². The zero-order valence-corrected chi connectivity index (χ0v) is 34.0. The molecule has 1 aliphatic rings. The molecule has 2 unspecified atom stereocenters. The van der Waals surface area contributed by atoms with Crippen molar-refractivity contribution in [2.24, 2.45) is 0 Å². The van der Waals surface area contributed by atoms with Crippen molar-refractivity contribution in [2.45, 2.75) is 74.1 Å². The third kappa shape index (κ3) is 9.04. The molecule has 1 heterocycles. The number of allylic oxidation sites excluding steroid dienone is 5. The first-order chi connectivity index (χ1) is 24.9. The van der Waals surface area contributed by atoms with Gasteiger partial charge < -0.3 is 10.0 Å². The Morgan fingerprint density at radius 2 is 1.45 bits per heavy atom. The summed E-state index contributed by atoms with van der Waals surface area (Å²) in [6, 6.07) is 8.98. The van der Waals surface area contributed by atoms with Gasteiger partial charge in [0.25, 0.3) is 40.5 Å². The molecule has 2 atom stereocenters. The van der Waals surface area contributed by atoms with Crippen molar-refractivity contribution in [2.75, 3.05) is 23.0 Å². The summed E-state index contributed by atoms with van der Waals surface area (Å²) in [7, 11) is -18.8. The van der Waals surface area contributed by atoms with Crippen LogP contribution in [0.2, 0.25) is 0 Å². The minimum absolute atomic E-state index is 0.0129. The largest absolute Gasteiger partial charge is 0.478 e. The highest BCUT2D eigenvalue weighted by Crippen LogP contribution is 2.53. The van der Waals surface area contributed by atoms with Gasteiger partial charge in [0.05, 0.1) is 27.5 Å². The van der Waals surface area contributed by atoms with Gasteiger partial charge in [-0.1, -0.05) is 68.9 Å². The van der Waals surface area contributed by atoms with Gasteiger partial charge >= 0.3 is 5.97 Å². The van der Waals surface area contributed by atoms with E-state index in [0.717, 1.165) is 6.07 Å². The van der Waals surface area contributed by atoms with E-state index in [1.165, 1.54) is 24.3 Å². The monoisotopic (exact) mass is 841 g/mol. The van der Waals surface area contributed by atoms with E-state index in [4.69, 9.17) is 0 Å². The van der Waals surface area contributed by atoms with Crippen LogP contribution in [0.5, 0.6) is 0 Å². The summed E-state index contributed by atoms with van der Waals surface area (Å²) in [6.45, 7) is 10.3. The summed E-state index contributed by atoms with van der Waals surface area (Å²) in [5, 5.41) is 9.90. The summed E-state index contributed by atoms with van der Waals surface area (Å²) >= 11 is 0. The Hall–Kier alpha value is -3.95. The number of benzene rings is 3. The van der Waals surface area contributed by atoms with Gasteiger partial charge in [-0.15, -0.1) is 0 Å². The second kappa shape index (κ2) is 14.8. The molecule has 0 fully saturated rings. The molecule has 19 heteroatoms. The maximum Gasteiger partial charge on any atom is 0.335 e. The molecule has 4 rings (SSSR count). The molecule has 0 bridgehead atoms. The summed E-state index contributed by atoms with van der Waals surface area (Å²) in [5.41, 5.74) is -1.31. The average molecular weight is 842 g/mol. The lowest BCUT2D eigenvalue weighted by atomic mass is 9.70. The molecule has 3 aromatic carbocycles. The second-order valence-electron chi connectivity index (χ2n) is 14.5. The van der Waals surface area contributed by atoms with Crippen LogP contribution in [0.1, 0.15) is 68.1 Å². The molecule has 0 radical (unpaired) electrons. The molecule has 300 valence electrons. The Morgan fingerprint density at radius 1 is 0.818 bits per heavy atom. The van der Waals surface area contributed by atoms with Crippen molar-refractivity contribution in [3.63, 3.8) is 0 Å². The standard InChI is InChI=1S/C36H43NO14S4/c1-23-12-14-27-28(20-26(54(46,47)48)21-31(27)55(49,50)51)32(23)34(3,4)24(2)11-8-7-9-16-36(6)35(5,22-53(43,44)45)29-19-25(33(38)39)13-15-30(29)37(36)17-10-18-52(40,41)42/h7-9,11-16,19-21H,10,17-18,22H2,1-6H3,(H,38,39)(H,40,41,42)(H,43,44,45)(H,46,47,48)(H,49,50,51)/b8-7+,16-9+,24-11-. The zero-order valence-electron chi connectivity index (χ0n) is 30.7. The minimum atomic E-state index is -4.92. The highest BCUT2D eigenvalue weighted by atomic mass is 32.2. The van der Waals surface area contributed by atoms with Crippen LogP contribution in [0.4, 0.5) is 5.69 Å². The Kier molecular flexibility index (Phi) is 11.8. The number of carbonyl (C=O) groups is 1. The lowest BCUT2D eigenvalue weighted by molar-refractivity contribution is 0.0696. The van der Waals surface area contributed by atoms with Gasteiger partial charge in [0.15, 0.2) is 0 Å². The zero-order chi connectivity index (χ0) is 41.7. The van der Waals surface area contributed by atoms with E-state index in [-0.39, 0.29) is 34.9 Å². The molecule has 0 spiro atoms. The van der Waals surface area contributed by atoms with E-state index in [2.05, 4.69) is 0 Å². The first kappa shape index (κ1) is 43.8. The smallest absolute Gasteiger partial charge is 0.335 e. The second-order valence-corrected chi connectivity index (χ2v) is 20.3. The maximum atomic E-state index is 12.4. The summed E-state index contributed by atoms with van der Waals surface area (Å²) in [6.07, 6.45) is 8.15. The van der Waals surface area contributed by atoms with Gasteiger partial charge in [-0.3, -0.25) is 18.2 Å². The average Bonchev–Trinajstić information content (AvgIpc) is 3.19. The van der Waals surface area contributed by atoms with Crippen molar-refractivity contribution >= 4 is 62.9 Å². The van der Waals surface area contributed by atoms with E-state index in [0.29, 0.717) is 28.5 Å². The maximum absolute atomic E-state index is 12.4. The molecule has 15 nitrogen and oxygen atoms in total. The fourth-order valence-electron chi connectivity index (χ4n) is 7.38. The van der Waals surface area contributed by atoms with Gasteiger partial charge in [0.2, 0.25) is 0 Å². The number of aryl methyl sites for hydroxylation is 1. The van der Waals surface area contributed by atoms with E-state index in [1.54, 1.807) is 69.0 Å². The van der Waals surface area contributed by atoms with E-state index < -0.39 is 84.1 Å². The number of carboxylic acid groups (broad SMARTS) is 1. The van der Waals surface area contributed by atoms with Gasteiger partial charge in [-0.05, 0) is 79.6 Å². The van der Waals surface area contributed by atoms with Crippen molar-refractivity contribution in [1.29, 1.82) is 0 Å². The van der Waals surface area contributed by atoms with Crippen LogP contribution >= 0.6 is 0 Å². The van der Waals surface area contributed by atoms with E-state index in [9.17, 15) is 61.8 Å². The summed E-state index contributed by atoms with van der Waals surface area (Å²) < 4.78 is 136. The van der Waals surface area contributed by atoms with Crippen LogP contribution in [-0.4, -0.2) is 86.5 Å². The quantitative estimate of drug-likeness (QED) is 0.101. The molecule has 3 aromatic rings. The number of hydrogen-bond donors (Lipinski definition) is 5. The Bertz CT molecular complexity index is 2610. The van der Waals surface area contributed by atoms with Crippen LogP contribution in [0.15, 0.2) is 88.2 Å². The van der Waals surface area contributed by atoms with Crippen molar-refractivity contribution in [1.82, 2.24) is 0 Å². The Balaban J connectivity index is 1.82. The molecule has 0 aliphatic carbocycles. The molecule has 1 aliphatic heterocycles. The van der Waals surface area contributed by atoms with Gasteiger partial charge in [0.1, 0.15) is 4.90 Å². The first-order valence-electron chi connectivity index (χ1n) is 16.6. The van der Waals surface area contributed by atoms with Gasteiger partial charge in [-0.25, -0.2) is 4.79 Å². The predicted molar refractivity (Wildman–Crippen MR) is 207 cm³/mol. The lowest BCUT2D eigenvalue weighted by Gasteiger charge is -2.44. The predicted octanol–water partition coefficient (Wildman–Crippen LogP) is 5.38. The van der Waals surface area contributed by atoms with Gasteiger partial charge in [0, 0.05) is 28.4 Å². The number of carboxylic acids is 1. The number of aromatic carboxylic acids is 1. The third-order valence-corrected chi connectivity index (χ3v) is 14.0. The normalized spacial score (nSPS) is 20.2. The molecule has 0 aromatic heterocycles. The molecule has 0 saturated carbocycles. The molecular formula is C36H43NO14S4. The molecule has 55 heavy (non-hydrogen) atoms. The number of hydrogen-bond acceptors (Lipinski definition) is 10. The van der Waals surface area contributed by atoms with Crippen LogP contribution in [-0.2, 0) is 51.3 Å². The minimum Gasteiger partial charge on any atom is -0.478 e. The molecule has 0 amide bonds.